The fraction of sp³-hybridized carbons (Fsp3) is 0.714. The molecule has 4 N–H and O–H groups in total. The number of allylic oxidation sites excluding steroid dienone is 12. The van der Waals surface area contributed by atoms with E-state index >= 15 is 0 Å². The number of carbonyl (C=O) groups excluding carboxylic acids is 2. The van der Waals surface area contributed by atoms with Gasteiger partial charge in [0.2, 0.25) is 0 Å². The molecule has 0 aromatic carbocycles. The molecule has 6 atom stereocenters. The number of esters is 2. The maximum atomic E-state index is 12.8. The predicted molar refractivity (Wildman–Crippen MR) is 238 cm³/mol. The number of aliphatic hydroxyl groups is 4. The van der Waals surface area contributed by atoms with E-state index in [2.05, 4.69) is 86.8 Å². The summed E-state index contributed by atoms with van der Waals surface area (Å²) in [5, 5.41) is 40.1. The Morgan fingerprint density at radius 1 is 0.525 bits per heavy atom. The maximum Gasteiger partial charge on any atom is 0.306 e. The first-order chi connectivity index (χ1) is 28.8. The van der Waals surface area contributed by atoms with E-state index in [1.165, 1.54) is 64.2 Å². The fourth-order valence-electron chi connectivity index (χ4n) is 6.39. The lowest BCUT2D eigenvalue weighted by Gasteiger charge is -2.39. The molecule has 59 heavy (non-hydrogen) atoms. The van der Waals surface area contributed by atoms with Crippen molar-refractivity contribution in [3.8, 4) is 0 Å². The van der Waals surface area contributed by atoms with Gasteiger partial charge in [-0.3, -0.25) is 9.59 Å². The van der Waals surface area contributed by atoms with E-state index in [-0.39, 0.29) is 26.1 Å². The highest BCUT2D eigenvalue weighted by Gasteiger charge is 2.44. The highest BCUT2D eigenvalue weighted by atomic mass is 16.7. The van der Waals surface area contributed by atoms with E-state index in [4.69, 9.17) is 18.9 Å². The third-order valence-corrected chi connectivity index (χ3v) is 10.0. The summed E-state index contributed by atoms with van der Waals surface area (Å²) in [4.78, 5) is 25.3. The minimum atomic E-state index is -1.61. The van der Waals surface area contributed by atoms with Gasteiger partial charge in [-0.1, -0.05) is 151 Å². The zero-order valence-corrected chi connectivity index (χ0v) is 36.7. The van der Waals surface area contributed by atoms with Crippen LogP contribution in [-0.2, 0) is 28.5 Å². The molecule has 0 saturated carbocycles. The molecular formula is C49H82O10. The lowest BCUT2D eigenvalue weighted by molar-refractivity contribution is -0.305. The van der Waals surface area contributed by atoms with Gasteiger partial charge < -0.3 is 39.4 Å². The minimum absolute atomic E-state index is 0.155. The molecule has 1 heterocycles. The van der Waals surface area contributed by atoms with Gasteiger partial charge in [0.15, 0.2) is 12.4 Å². The Labute approximate surface area is 357 Å². The van der Waals surface area contributed by atoms with Crippen molar-refractivity contribution in [3.05, 3.63) is 72.9 Å². The van der Waals surface area contributed by atoms with E-state index in [1.54, 1.807) is 0 Å². The number of hydrogen-bond donors (Lipinski definition) is 4. The SMILES string of the molecule is CCC/C=C/C/C=C/C/C=C/C/C=C/CCCCCC(=O)OC[C@@H](CO[C@H]1O[C@@H](CO)[C@@H](O)C(O)C1O)OC(=O)CCC/C=C/C/C=C/CCCCCCCCCCC. The largest absolute Gasteiger partial charge is 0.462 e. The highest BCUT2D eigenvalue weighted by Crippen LogP contribution is 2.22. The summed E-state index contributed by atoms with van der Waals surface area (Å²) in [5.74, 6) is -0.901. The minimum Gasteiger partial charge on any atom is -0.462 e. The molecule has 0 aromatic heterocycles. The van der Waals surface area contributed by atoms with Crippen molar-refractivity contribution in [1.29, 1.82) is 0 Å². The van der Waals surface area contributed by atoms with Crippen molar-refractivity contribution < 1.29 is 49.0 Å². The molecule has 10 nitrogen and oxygen atoms in total. The van der Waals surface area contributed by atoms with Crippen LogP contribution in [0, 0.1) is 0 Å². The zero-order chi connectivity index (χ0) is 43.0. The molecule has 1 aliphatic rings. The van der Waals surface area contributed by atoms with Gasteiger partial charge in [-0.05, 0) is 77.0 Å². The van der Waals surface area contributed by atoms with Gasteiger partial charge in [0.05, 0.1) is 13.2 Å². The van der Waals surface area contributed by atoms with Crippen molar-refractivity contribution in [2.75, 3.05) is 19.8 Å². The number of carbonyl (C=O) groups is 2. The smallest absolute Gasteiger partial charge is 0.306 e. The molecule has 1 rings (SSSR count). The molecule has 0 aromatic rings. The summed E-state index contributed by atoms with van der Waals surface area (Å²) in [6.07, 6.45) is 42.0. The Bertz CT molecular complexity index is 1190. The molecule has 338 valence electrons. The van der Waals surface area contributed by atoms with Crippen LogP contribution in [0.3, 0.4) is 0 Å². The molecule has 0 bridgehead atoms. The van der Waals surface area contributed by atoms with Crippen LogP contribution in [0.25, 0.3) is 0 Å². The average molecular weight is 831 g/mol. The van der Waals surface area contributed by atoms with Gasteiger partial charge in [0.1, 0.15) is 31.0 Å². The molecule has 10 heteroatoms. The molecule has 1 saturated heterocycles. The number of aliphatic hydroxyl groups excluding tert-OH is 4. The molecule has 2 unspecified atom stereocenters. The first-order valence-electron chi connectivity index (χ1n) is 23.0. The number of hydrogen-bond acceptors (Lipinski definition) is 10. The van der Waals surface area contributed by atoms with Gasteiger partial charge >= 0.3 is 11.9 Å². The van der Waals surface area contributed by atoms with Gasteiger partial charge in [-0.15, -0.1) is 0 Å². The van der Waals surface area contributed by atoms with Gasteiger partial charge in [0, 0.05) is 12.8 Å². The normalized spacial score (nSPS) is 20.7. The Morgan fingerprint density at radius 2 is 1.00 bits per heavy atom. The third-order valence-electron chi connectivity index (χ3n) is 10.0. The maximum absolute atomic E-state index is 12.8. The monoisotopic (exact) mass is 831 g/mol. The number of ether oxygens (including phenoxy) is 4. The zero-order valence-electron chi connectivity index (χ0n) is 36.7. The van der Waals surface area contributed by atoms with E-state index in [0.717, 1.165) is 57.8 Å². The first-order valence-corrected chi connectivity index (χ1v) is 23.0. The van der Waals surface area contributed by atoms with Crippen LogP contribution in [0.15, 0.2) is 72.9 Å². The van der Waals surface area contributed by atoms with Crippen LogP contribution in [0.1, 0.15) is 168 Å². The van der Waals surface area contributed by atoms with Crippen molar-refractivity contribution in [1.82, 2.24) is 0 Å². The summed E-state index contributed by atoms with van der Waals surface area (Å²) < 4.78 is 22.1. The van der Waals surface area contributed by atoms with E-state index in [1.807, 2.05) is 0 Å². The molecular weight excluding hydrogens is 749 g/mol. The average Bonchev–Trinajstić information content (AvgIpc) is 3.23. The Balaban J connectivity index is 2.39. The Hall–Kier alpha value is -2.86. The van der Waals surface area contributed by atoms with E-state index in [9.17, 15) is 30.0 Å². The van der Waals surface area contributed by atoms with Gasteiger partial charge in [-0.2, -0.15) is 0 Å². The van der Waals surface area contributed by atoms with Crippen molar-refractivity contribution in [2.24, 2.45) is 0 Å². The lowest BCUT2D eigenvalue weighted by atomic mass is 9.99. The standard InChI is InChI=1S/C49H82O10/c1-3-5-7-9-11-13-15-17-19-21-23-25-27-29-31-33-35-37-44(51)56-40-42(41-57-49-48(55)47(54)46(53)43(39-50)59-49)58-45(52)38-36-34-32-30-28-26-24-22-20-18-16-14-12-10-8-6-4-2/h7,9,13,15,19,21,24-27,30,32,42-43,46-50,53-55H,3-6,8,10-12,14,16-18,20,22-23,28-29,31,33-41H2,1-2H3/b9-7+,15-13+,21-19+,26-24+,27-25+,32-30+/t42-,43-,46+,47?,48?,49-/m0/s1. The van der Waals surface area contributed by atoms with E-state index < -0.39 is 55.4 Å². The summed E-state index contributed by atoms with van der Waals surface area (Å²) >= 11 is 0. The van der Waals surface area contributed by atoms with E-state index in [0.29, 0.717) is 19.3 Å². The number of rotatable bonds is 37. The first kappa shape index (κ1) is 54.2. The van der Waals surface area contributed by atoms with Crippen LogP contribution < -0.4 is 0 Å². The Morgan fingerprint density at radius 3 is 1.54 bits per heavy atom. The summed E-state index contributed by atoms with van der Waals surface area (Å²) in [7, 11) is 0. The quantitative estimate of drug-likeness (QED) is 0.0271. The number of unbranched alkanes of at least 4 members (excludes halogenated alkanes) is 14. The third kappa shape index (κ3) is 30.8. The summed E-state index contributed by atoms with van der Waals surface area (Å²) in [6.45, 7) is 3.27. The summed E-state index contributed by atoms with van der Waals surface area (Å²) in [5.41, 5.74) is 0. The van der Waals surface area contributed by atoms with Crippen LogP contribution >= 0.6 is 0 Å². The van der Waals surface area contributed by atoms with Crippen molar-refractivity contribution in [2.45, 2.75) is 205 Å². The lowest BCUT2D eigenvalue weighted by Crippen LogP contribution is -2.59. The second-order valence-electron chi connectivity index (χ2n) is 15.5. The topological polar surface area (TPSA) is 152 Å². The summed E-state index contributed by atoms with van der Waals surface area (Å²) in [6, 6.07) is 0. The highest BCUT2D eigenvalue weighted by molar-refractivity contribution is 5.70. The fourth-order valence-corrected chi connectivity index (χ4v) is 6.39. The van der Waals surface area contributed by atoms with Crippen LogP contribution in [0.5, 0.6) is 0 Å². The van der Waals surface area contributed by atoms with Gasteiger partial charge in [-0.25, -0.2) is 0 Å². The second kappa shape index (κ2) is 39.3. The van der Waals surface area contributed by atoms with Crippen LogP contribution in [-0.4, -0.2) is 89.0 Å². The van der Waals surface area contributed by atoms with Crippen molar-refractivity contribution in [3.63, 3.8) is 0 Å². The van der Waals surface area contributed by atoms with Crippen LogP contribution in [0.2, 0.25) is 0 Å². The Kier molecular flexibility index (Phi) is 36.1. The molecule has 0 amide bonds. The molecule has 1 fully saturated rings. The molecule has 0 spiro atoms. The van der Waals surface area contributed by atoms with Crippen LogP contribution in [0.4, 0.5) is 0 Å². The predicted octanol–water partition coefficient (Wildman–Crippen LogP) is 10.00. The van der Waals surface area contributed by atoms with Crippen molar-refractivity contribution >= 4 is 11.9 Å². The van der Waals surface area contributed by atoms with Gasteiger partial charge in [0.25, 0.3) is 0 Å². The molecule has 0 aliphatic carbocycles. The second-order valence-corrected chi connectivity index (χ2v) is 15.5. The molecule has 1 aliphatic heterocycles. The molecule has 0 radical (unpaired) electrons.